The quantitative estimate of drug-likeness (QED) is 0.649. The highest BCUT2D eigenvalue weighted by Crippen LogP contribution is 2.28. The lowest BCUT2D eigenvalue weighted by Crippen LogP contribution is -2.41. The molecule has 1 saturated heterocycles. The summed E-state index contributed by atoms with van der Waals surface area (Å²) in [4.78, 5) is 11.3. The second-order valence-electron chi connectivity index (χ2n) is 3.54. The van der Waals surface area contributed by atoms with Crippen LogP contribution in [0.15, 0.2) is 12.2 Å². The predicted molar refractivity (Wildman–Crippen MR) is 54.0 cm³/mol. The Bertz CT molecular complexity index is 223. The summed E-state index contributed by atoms with van der Waals surface area (Å²) in [5, 5.41) is 0. The molecule has 0 saturated carbocycles. The van der Waals surface area contributed by atoms with Gasteiger partial charge in [-0.15, -0.1) is 0 Å². The zero-order chi connectivity index (χ0) is 10.4. The van der Waals surface area contributed by atoms with E-state index in [1.54, 1.807) is 7.11 Å². The van der Waals surface area contributed by atoms with Gasteiger partial charge in [-0.1, -0.05) is 12.2 Å². The second-order valence-corrected chi connectivity index (χ2v) is 3.54. The van der Waals surface area contributed by atoms with Crippen molar-refractivity contribution in [3.8, 4) is 0 Å². The molecule has 80 valence electrons. The van der Waals surface area contributed by atoms with Crippen molar-refractivity contribution in [2.75, 3.05) is 13.7 Å². The van der Waals surface area contributed by atoms with Crippen LogP contribution in [0, 0.1) is 0 Å². The number of Topliss-reactive ketones (excluding diaryl/α,β-unsaturated/α-hetero) is 1. The molecule has 14 heavy (non-hydrogen) atoms. The lowest BCUT2D eigenvalue weighted by Gasteiger charge is -2.34. The number of hydrogen-bond donors (Lipinski definition) is 0. The molecule has 0 radical (unpaired) electrons. The number of carbonyl (C=O) groups is 1. The molecule has 0 aromatic rings. The minimum atomic E-state index is -0.658. The van der Waals surface area contributed by atoms with Crippen molar-refractivity contribution in [3.05, 3.63) is 12.2 Å². The minimum absolute atomic E-state index is 0.235. The average molecular weight is 198 g/mol. The summed E-state index contributed by atoms with van der Waals surface area (Å²) in [6.07, 6.45) is 6.60. The number of rotatable bonds is 4. The Labute approximate surface area is 85.1 Å². The van der Waals surface area contributed by atoms with Crippen LogP contribution < -0.4 is 0 Å². The van der Waals surface area contributed by atoms with E-state index in [1.807, 2.05) is 13.0 Å². The van der Waals surface area contributed by atoms with Gasteiger partial charge in [0.25, 0.3) is 0 Å². The van der Waals surface area contributed by atoms with E-state index in [9.17, 15) is 4.79 Å². The lowest BCUT2D eigenvalue weighted by atomic mass is 9.99. The Morgan fingerprint density at radius 3 is 3.00 bits per heavy atom. The summed E-state index contributed by atoms with van der Waals surface area (Å²) in [5.74, 6) is -0.423. The number of ketones is 1. The third kappa shape index (κ3) is 2.93. The maximum absolute atomic E-state index is 11.3. The largest absolute Gasteiger partial charge is 0.353 e. The minimum Gasteiger partial charge on any atom is -0.353 e. The molecule has 1 rings (SSSR count). The van der Waals surface area contributed by atoms with Crippen LogP contribution in [-0.4, -0.2) is 25.3 Å². The fraction of sp³-hybridized carbons (Fsp3) is 0.727. The first-order chi connectivity index (χ1) is 6.72. The summed E-state index contributed by atoms with van der Waals surface area (Å²) in [6.45, 7) is 2.47. The molecule has 1 aliphatic heterocycles. The standard InChI is InChI=1S/C11H18O3/c1-3-4-5-7-11(13-2)9-10(12)6-8-14-11/h3-4H,5-9H2,1-2H3/b4-3+. The maximum atomic E-state index is 11.3. The van der Waals surface area contributed by atoms with Gasteiger partial charge in [0.2, 0.25) is 0 Å². The lowest BCUT2D eigenvalue weighted by molar-refractivity contribution is -0.238. The zero-order valence-electron chi connectivity index (χ0n) is 8.91. The average Bonchev–Trinajstić information content (AvgIpc) is 2.18. The number of allylic oxidation sites excluding steroid dienone is 2. The van der Waals surface area contributed by atoms with Gasteiger partial charge < -0.3 is 9.47 Å². The van der Waals surface area contributed by atoms with Gasteiger partial charge in [0.1, 0.15) is 5.78 Å². The number of hydrogen-bond acceptors (Lipinski definition) is 3. The van der Waals surface area contributed by atoms with Crippen molar-refractivity contribution < 1.29 is 14.3 Å². The Balaban J connectivity index is 2.51. The van der Waals surface area contributed by atoms with Gasteiger partial charge in [-0.25, -0.2) is 0 Å². The maximum Gasteiger partial charge on any atom is 0.175 e. The van der Waals surface area contributed by atoms with Crippen LogP contribution in [0.25, 0.3) is 0 Å². The third-order valence-corrected chi connectivity index (χ3v) is 2.51. The molecule has 0 N–H and O–H groups in total. The van der Waals surface area contributed by atoms with Crippen LogP contribution in [0.4, 0.5) is 0 Å². The van der Waals surface area contributed by atoms with Crippen molar-refractivity contribution in [1.29, 1.82) is 0 Å². The fourth-order valence-electron chi connectivity index (χ4n) is 1.65. The van der Waals surface area contributed by atoms with Crippen LogP contribution in [0.1, 0.15) is 32.6 Å². The third-order valence-electron chi connectivity index (χ3n) is 2.51. The van der Waals surface area contributed by atoms with Gasteiger partial charge in [-0.3, -0.25) is 4.79 Å². The van der Waals surface area contributed by atoms with E-state index in [0.717, 1.165) is 12.8 Å². The van der Waals surface area contributed by atoms with Gasteiger partial charge in [0.05, 0.1) is 13.0 Å². The highest BCUT2D eigenvalue weighted by molar-refractivity contribution is 5.79. The molecule has 0 aliphatic carbocycles. The van der Waals surface area contributed by atoms with Crippen LogP contribution in [0.3, 0.4) is 0 Å². The van der Waals surface area contributed by atoms with E-state index >= 15 is 0 Å². The molecule has 3 heteroatoms. The topological polar surface area (TPSA) is 35.5 Å². The van der Waals surface area contributed by atoms with Crippen molar-refractivity contribution in [2.24, 2.45) is 0 Å². The zero-order valence-corrected chi connectivity index (χ0v) is 8.91. The van der Waals surface area contributed by atoms with E-state index in [4.69, 9.17) is 9.47 Å². The molecule has 0 aromatic heterocycles. The fourth-order valence-corrected chi connectivity index (χ4v) is 1.65. The van der Waals surface area contributed by atoms with Crippen LogP contribution >= 0.6 is 0 Å². The Kier molecular flexibility index (Phi) is 4.29. The summed E-state index contributed by atoms with van der Waals surface area (Å²) < 4.78 is 10.9. The second kappa shape index (κ2) is 5.27. The molecule has 3 nitrogen and oxygen atoms in total. The molecule has 1 aliphatic rings. The molecular weight excluding hydrogens is 180 g/mol. The smallest absolute Gasteiger partial charge is 0.175 e. The van der Waals surface area contributed by atoms with Crippen molar-refractivity contribution in [3.63, 3.8) is 0 Å². The highest BCUT2D eigenvalue weighted by Gasteiger charge is 2.36. The monoisotopic (exact) mass is 198 g/mol. The first kappa shape index (κ1) is 11.4. The summed E-state index contributed by atoms with van der Waals surface area (Å²) in [5.41, 5.74) is 0. The highest BCUT2D eigenvalue weighted by atomic mass is 16.7. The van der Waals surface area contributed by atoms with E-state index in [2.05, 4.69) is 6.08 Å². The van der Waals surface area contributed by atoms with Crippen LogP contribution in [0.2, 0.25) is 0 Å². The predicted octanol–water partition coefficient (Wildman–Crippen LogP) is 2.06. The summed E-state index contributed by atoms with van der Waals surface area (Å²) in [6, 6.07) is 0. The van der Waals surface area contributed by atoms with Gasteiger partial charge in [0.15, 0.2) is 5.79 Å². The molecule has 1 heterocycles. The van der Waals surface area contributed by atoms with E-state index in [1.165, 1.54) is 0 Å². The van der Waals surface area contributed by atoms with Gasteiger partial charge in [-0.2, -0.15) is 0 Å². The Morgan fingerprint density at radius 2 is 2.43 bits per heavy atom. The normalized spacial score (nSPS) is 28.6. The van der Waals surface area contributed by atoms with Gasteiger partial charge in [-0.05, 0) is 13.3 Å². The Morgan fingerprint density at radius 1 is 1.64 bits per heavy atom. The molecule has 0 spiro atoms. The molecule has 1 unspecified atom stereocenters. The molecule has 1 fully saturated rings. The summed E-state index contributed by atoms with van der Waals surface area (Å²) >= 11 is 0. The van der Waals surface area contributed by atoms with Crippen LogP contribution in [0.5, 0.6) is 0 Å². The van der Waals surface area contributed by atoms with Crippen molar-refractivity contribution in [2.45, 2.75) is 38.4 Å². The summed E-state index contributed by atoms with van der Waals surface area (Å²) in [7, 11) is 1.61. The van der Waals surface area contributed by atoms with E-state index in [-0.39, 0.29) is 5.78 Å². The number of ether oxygens (including phenoxy) is 2. The van der Waals surface area contributed by atoms with Crippen molar-refractivity contribution in [1.82, 2.24) is 0 Å². The molecular formula is C11H18O3. The van der Waals surface area contributed by atoms with Crippen molar-refractivity contribution >= 4 is 5.78 Å². The molecule has 0 bridgehead atoms. The Hall–Kier alpha value is -0.670. The molecule has 0 amide bonds. The van der Waals surface area contributed by atoms with Gasteiger partial charge >= 0.3 is 0 Å². The van der Waals surface area contributed by atoms with Gasteiger partial charge in [0, 0.05) is 20.0 Å². The molecule has 1 atom stereocenters. The number of carbonyl (C=O) groups excluding carboxylic acids is 1. The number of methoxy groups -OCH3 is 1. The van der Waals surface area contributed by atoms with Crippen LogP contribution in [-0.2, 0) is 14.3 Å². The van der Waals surface area contributed by atoms with E-state index in [0.29, 0.717) is 19.4 Å². The SMILES string of the molecule is C/C=C/CCC1(OC)CC(=O)CCO1. The van der Waals surface area contributed by atoms with E-state index < -0.39 is 5.79 Å². The first-order valence-corrected chi connectivity index (χ1v) is 5.04. The first-order valence-electron chi connectivity index (χ1n) is 5.04. The molecule has 0 aromatic carbocycles.